The molecule has 1 aliphatic heterocycles. The molecule has 1 aliphatic rings. The molecular weight excluding hydrogens is 536 g/mol. The first-order chi connectivity index (χ1) is 20.4. The van der Waals surface area contributed by atoms with Gasteiger partial charge in [-0.1, -0.05) is 49.4 Å². The molecule has 4 rings (SSSR count). The van der Waals surface area contributed by atoms with Crippen molar-refractivity contribution in [3.63, 3.8) is 0 Å². The summed E-state index contributed by atoms with van der Waals surface area (Å²) < 4.78 is 10.4. The van der Waals surface area contributed by atoms with Crippen LogP contribution in [-0.2, 0) is 14.3 Å². The summed E-state index contributed by atoms with van der Waals surface area (Å²) in [4.78, 5) is 52.7. The minimum Gasteiger partial charge on any atom is -0.463 e. The van der Waals surface area contributed by atoms with Crippen LogP contribution in [0.5, 0.6) is 0 Å². The molecule has 10 nitrogen and oxygen atoms in total. The summed E-state index contributed by atoms with van der Waals surface area (Å²) >= 11 is 0. The molecule has 3 aromatic carbocycles. The topological polar surface area (TPSA) is 126 Å². The van der Waals surface area contributed by atoms with Crippen molar-refractivity contribution in [3.05, 3.63) is 101 Å². The van der Waals surface area contributed by atoms with Gasteiger partial charge in [-0.25, -0.2) is 19.2 Å². The van der Waals surface area contributed by atoms with E-state index >= 15 is 0 Å². The van der Waals surface area contributed by atoms with Gasteiger partial charge in [0.05, 0.1) is 36.1 Å². The highest BCUT2D eigenvalue weighted by Gasteiger charge is 2.38. The highest BCUT2D eigenvalue weighted by atomic mass is 16.5. The van der Waals surface area contributed by atoms with Crippen LogP contribution in [0.2, 0.25) is 0 Å². The van der Waals surface area contributed by atoms with Crippen molar-refractivity contribution in [2.24, 2.45) is 0 Å². The number of carbonyl (C=O) groups is 4. The number of amides is 4. The standard InChI is InChI=1S/C32H34N4O6/c1-4-20-36-28(22-10-8-7-9-11-22)26(30(38)42-6-3)27(35-32(36)40)21-12-16-24(17-13-21)33-31(39)34-25-18-14-23(15-19-25)29(37)41-5-2/h7-19,27H,4-6,20H2,1-3H3,(H,35,40)(H2,33,34,39). The molecule has 218 valence electrons. The molecule has 10 heteroatoms. The van der Waals surface area contributed by atoms with Gasteiger partial charge < -0.3 is 25.4 Å². The van der Waals surface area contributed by atoms with E-state index in [-0.39, 0.29) is 19.2 Å². The lowest BCUT2D eigenvalue weighted by Gasteiger charge is -2.36. The van der Waals surface area contributed by atoms with E-state index in [1.807, 2.05) is 37.3 Å². The van der Waals surface area contributed by atoms with E-state index in [2.05, 4.69) is 16.0 Å². The number of nitrogens with zero attached hydrogens (tertiary/aromatic N) is 1. The third kappa shape index (κ3) is 6.95. The molecule has 0 spiro atoms. The fourth-order valence-electron chi connectivity index (χ4n) is 4.63. The Kier molecular flexibility index (Phi) is 9.94. The van der Waals surface area contributed by atoms with Crippen LogP contribution >= 0.6 is 0 Å². The minimum atomic E-state index is -0.763. The van der Waals surface area contributed by atoms with Crippen LogP contribution in [0.3, 0.4) is 0 Å². The number of ether oxygens (including phenoxy) is 2. The van der Waals surface area contributed by atoms with Gasteiger partial charge in [-0.3, -0.25) is 4.90 Å². The summed E-state index contributed by atoms with van der Waals surface area (Å²) in [6.45, 7) is 6.32. The van der Waals surface area contributed by atoms with E-state index in [1.54, 1.807) is 67.3 Å². The Morgan fingerprint density at radius 1 is 0.786 bits per heavy atom. The fraction of sp³-hybridized carbons (Fsp3) is 0.250. The molecular formula is C32H34N4O6. The molecule has 0 bridgehead atoms. The van der Waals surface area contributed by atoms with Gasteiger partial charge in [0.25, 0.3) is 0 Å². The number of urea groups is 2. The Balaban J connectivity index is 1.57. The van der Waals surface area contributed by atoms with Crippen molar-refractivity contribution in [1.82, 2.24) is 10.2 Å². The van der Waals surface area contributed by atoms with Crippen LogP contribution in [-0.4, -0.2) is 48.7 Å². The maximum atomic E-state index is 13.3. The maximum absolute atomic E-state index is 13.3. The Labute approximate surface area is 244 Å². The van der Waals surface area contributed by atoms with Crippen LogP contribution in [0.4, 0.5) is 21.0 Å². The van der Waals surface area contributed by atoms with E-state index < -0.39 is 24.0 Å². The summed E-state index contributed by atoms with van der Waals surface area (Å²) in [6.07, 6.45) is 0.697. The number of rotatable bonds is 10. The number of esters is 2. The van der Waals surface area contributed by atoms with Gasteiger partial charge >= 0.3 is 24.0 Å². The molecule has 1 unspecified atom stereocenters. The lowest BCUT2D eigenvalue weighted by atomic mass is 9.91. The number of hydrogen-bond acceptors (Lipinski definition) is 6. The summed E-state index contributed by atoms with van der Waals surface area (Å²) in [6, 6.07) is 21.0. The molecule has 0 aromatic heterocycles. The average molecular weight is 571 g/mol. The Morgan fingerprint density at radius 3 is 1.93 bits per heavy atom. The third-order valence-electron chi connectivity index (χ3n) is 6.47. The molecule has 3 aromatic rings. The number of hydrogen-bond donors (Lipinski definition) is 3. The fourth-order valence-corrected chi connectivity index (χ4v) is 4.63. The van der Waals surface area contributed by atoms with Gasteiger partial charge in [0.15, 0.2) is 0 Å². The zero-order chi connectivity index (χ0) is 30.1. The molecule has 0 saturated heterocycles. The molecule has 42 heavy (non-hydrogen) atoms. The van der Waals surface area contributed by atoms with Crippen molar-refractivity contribution in [2.45, 2.75) is 33.2 Å². The lowest BCUT2D eigenvalue weighted by molar-refractivity contribution is -0.138. The predicted molar refractivity (Wildman–Crippen MR) is 160 cm³/mol. The third-order valence-corrected chi connectivity index (χ3v) is 6.47. The number of carbonyl (C=O) groups excluding carboxylic acids is 4. The first-order valence-electron chi connectivity index (χ1n) is 13.9. The van der Waals surface area contributed by atoms with Gasteiger partial charge in [0, 0.05) is 17.9 Å². The number of anilines is 2. The molecule has 0 aliphatic carbocycles. The van der Waals surface area contributed by atoms with Crippen molar-refractivity contribution >= 4 is 41.1 Å². The van der Waals surface area contributed by atoms with Crippen LogP contribution in [0.1, 0.15) is 54.7 Å². The number of nitrogens with one attached hydrogen (secondary N) is 3. The second kappa shape index (κ2) is 14.0. The Morgan fingerprint density at radius 2 is 1.36 bits per heavy atom. The van der Waals surface area contributed by atoms with E-state index in [0.29, 0.717) is 46.7 Å². The van der Waals surface area contributed by atoms with Gasteiger partial charge in [-0.15, -0.1) is 0 Å². The molecule has 4 amide bonds. The SMILES string of the molecule is CCCN1C(=O)NC(c2ccc(NC(=O)Nc3ccc(C(=O)OCC)cc3)cc2)C(C(=O)OCC)=C1c1ccccc1. The van der Waals surface area contributed by atoms with Crippen LogP contribution < -0.4 is 16.0 Å². The molecule has 0 radical (unpaired) electrons. The first-order valence-corrected chi connectivity index (χ1v) is 13.9. The van der Waals surface area contributed by atoms with Gasteiger partial charge in [-0.2, -0.15) is 0 Å². The van der Waals surface area contributed by atoms with Gasteiger partial charge in [0.2, 0.25) is 0 Å². The Hall–Kier alpha value is -5.12. The first kappa shape index (κ1) is 29.9. The van der Waals surface area contributed by atoms with E-state index in [1.165, 1.54) is 0 Å². The minimum absolute atomic E-state index is 0.183. The zero-order valence-electron chi connectivity index (χ0n) is 23.8. The van der Waals surface area contributed by atoms with E-state index in [9.17, 15) is 19.2 Å². The second-order valence-corrected chi connectivity index (χ2v) is 9.38. The number of benzene rings is 3. The summed E-state index contributed by atoms with van der Waals surface area (Å²) in [5.74, 6) is -0.948. The molecule has 1 heterocycles. The molecule has 0 fully saturated rings. The normalized spacial score (nSPS) is 14.6. The van der Waals surface area contributed by atoms with Crippen LogP contribution in [0.25, 0.3) is 5.70 Å². The quantitative estimate of drug-likeness (QED) is 0.258. The highest BCUT2D eigenvalue weighted by Crippen LogP contribution is 2.37. The Bertz CT molecular complexity index is 1450. The zero-order valence-corrected chi connectivity index (χ0v) is 23.8. The molecule has 3 N–H and O–H groups in total. The van der Waals surface area contributed by atoms with E-state index in [0.717, 1.165) is 5.56 Å². The van der Waals surface area contributed by atoms with Crippen LogP contribution in [0, 0.1) is 0 Å². The largest absolute Gasteiger partial charge is 0.463 e. The van der Waals surface area contributed by atoms with Crippen molar-refractivity contribution in [2.75, 3.05) is 30.4 Å². The van der Waals surface area contributed by atoms with Crippen molar-refractivity contribution in [3.8, 4) is 0 Å². The van der Waals surface area contributed by atoms with Crippen molar-refractivity contribution < 1.29 is 28.7 Å². The van der Waals surface area contributed by atoms with Gasteiger partial charge in [-0.05, 0) is 67.8 Å². The maximum Gasteiger partial charge on any atom is 0.338 e. The van der Waals surface area contributed by atoms with Gasteiger partial charge in [0.1, 0.15) is 0 Å². The summed E-state index contributed by atoms with van der Waals surface area (Å²) in [5, 5.41) is 8.44. The summed E-state index contributed by atoms with van der Waals surface area (Å²) in [5.41, 5.74) is 3.62. The monoisotopic (exact) mass is 570 g/mol. The summed E-state index contributed by atoms with van der Waals surface area (Å²) in [7, 11) is 0. The molecule has 0 saturated carbocycles. The average Bonchev–Trinajstić information content (AvgIpc) is 2.99. The lowest BCUT2D eigenvalue weighted by Crippen LogP contribution is -2.48. The predicted octanol–water partition coefficient (Wildman–Crippen LogP) is 5.96. The second-order valence-electron chi connectivity index (χ2n) is 9.38. The smallest absolute Gasteiger partial charge is 0.338 e. The molecule has 1 atom stereocenters. The van der Waals surface area contributed by atoms with Crippen molar-refractivity contribution in [1.29, 1.82) is 0 Å². The van der Waals surface area contributed by atoms with E-state index in [4.69, 9.17) is 9.47 Å². The van der Waals surface area contributed by atoms with Crippen LogP contribution in [0.15, 0.2) is 84.4 Å². The highest BCUT2D eigenvalue weighted by molar-refractivity contribution is 6.05.